The highest BCUT2D eigenvalue weighted by Crippen LogP contribution is 2.41. The maximum atomic E-state index is 14.0. The smallest absolute Gasteiger partial charge is 0.262 e. The number of benzene rings is 3. The van der Waals surface area contributed by atoms with Gasteiger partial charge < -0.3 is 5.32 Å². The number of carbonyl (C=O) groups is 1. The van der Waals surface area contributed by atoms with E-state index in [1.54, 1.807) is 18.2 Å². The van der Waals surface area contributed by atoms with Crippen LogP contribution in [0.3, 0.4) is 0 Å². The molecule has 1 amide bonds. The molecule has 1 N–H and O–H groups in total. The Balaban J connectivity index is 1.69. The van der Waals surface area contributed by atoms with Gasteiger partial charge in [-0.05, 0) is 42.0 Å². The Kier molecular flexibility index (Phi) is 6.77. The Morgan fingerprint density at radius 3 is 2.24 bits per heavy atom. The van der Waals surface area contributed by atoms with Crippen LogP contribution < -0.4 is 5.32 Å². The molecular weight excluding hydrogens is 607 g/mol. The molecule has 1 aliphatic rings. The first-order valence-electron chi connectivity index (χ1n) is 9.20. The van der Waals surface area contributed by atoms with E-state index >= 15 is 0 Å². The van der Waals surface area contributed by atoms with Crippen LogP contribution in [0.5, 0.6) is 0 Å². The zero-order chi connectivity index (χ0) is 23.9. The molecule has 1 aliphatic heterocycles. The lowest BCUT2D eigenvalue weighted by Gasteiger charge is -2.20. The number of halogens is 5. The number of fused-ring (bicyclic) bond motifs is 1. The third-order valence-corrected chi connectivity index (χ3v) is 8.93. The molecule has 170 valence electrons. The average Bonchev–Trinajstić information content (AvgIpc) is 2.73. The van der Waals surface area contributed by atoms with Crippen molar-refractivity contribution in [2.24, 2.45) is 0 Å². The fourth-order valence-corrected chi connectivity index (χ4v) is 7.22. The van der Waals surface area contributed by atoms with Crippen LogP contribution >= 0.6 is 43.6 Å². The van der Waals surface area contributed by atoms with E-state index in [4.69, 9.17) is 0 Å². The lowest BCUT2D eigenvalue weighted by atomic mass is 10.1. The van der Waals surface area contributed by atoms with E-state index < -0.39 is 38.8 Å². The van der Waals surface area contributed by atoms with Crippen molar-refractivity contribution < 1.29 is 26.4 Å². The molecule has 0 aliphatic carbocycles. The molecule has 1 heterocycles. The summed E-state index contributed by atoms with van der Waals surface area (Å²) in [6.45, 7) is 0. The Labute approximate surface area is 208 Å². The number of rotatable bonds is 4. The van der Waals surface area contributed by atoms with Crippen molar-refractivity contribution in [3.8, 4) is 0 Å². The molecule has 11 heteroatoms. The van der Waals surface area contributed by atoms with Crippen molar-refractivity contribution in [3.63, 3.8) is 0 Å². The monoisotopic (exact) mass is 617 g/mol. The van der Waals surface area contributed by atoms with E-state index in [-0.39, 0.29) is 15.6 Å². The summed E-state index contributed by atoms with van der Waals surface area (Å²) < 4.78 is 68.6. The number of anilines is 1. The zero-order valence-electron chi connectivity index (χ0n) is 16.3. The second-order valence-electron chi connectivity index (χ2n) is 6.97. The van der Waals surface area contributed by atoms with Crippen LogP contribution in [-0.2, 0) is 20.4 Å². The van der Waals surface area contributed by atoms with Crippen LogP contribution in [0.1, 0.15) is 11.1 Å². The summed E-state index contributed by atoms with van der Waals surface area (Å²) >= 11 is 7.58. The van der Waals surface area contributed by atoms with Crippen molar-refractivity contribution in [1.82, 2.24) is 0 Å². The normalized spacial score (nSPS) is 14.8. The van der Waals surface area contributed by atoms with Crippen LogP contribution in [0, 0.1) is 17.5 Å². The zero-order valence-corrected chi connectivity index (χ0v) is 21.1. The fourth-order valence-electron chi connectivity index (χ4n) is 3.09. The molecule has 0 radical (unpaired) electrons. The Morgan fingerprint density at radius 1 is 0.970 bits per heavy atom. The van der Waals surface area contributed by atoms with Gasteiger partial charge in [0.1, 0.15) is 17.5 Å². The lowest BCUT2D eigenvalue weighted by molar-refractivity contribution is -0.112. The van der Waals surface area contributed by atoms with E-state index in [1.807, 2.05) is 0 Å². The maximum absolute atomic E-state index is 14.0. The van der Waals surface area contributed by atoms with Gasteiger partial charge in [-0.15, -0.1) is 0 Å². The summed E-state index contributed by atoms with van der Waals surface area (Å²) in [7, 11) is -3.77. The van der Waals surface area contributed by atoms with Gasteiger partial charge in [-0.25, -0.2) is 21.6 Å². The summed E-state index contributed by atoms with van der Waals surface area (Å²) in [5.74, 6) is -4.29. The SMILES string of the molecule is O=C1Nc2ccc(S(=O)(=O)Cc3c(Br)cccc3Br)cc2S/C1=C\c1c(F)cc(F)cc1F. The molecular formula is C22H12Br2F3NO3S2. The van der Waals surface area contributed by atoms with Crippen molar-refractivity contribution in [1.29, 1.82) is 0 Å². The van der Waals surface area contributed by atoms with E-state index in [9.17, 15) is 26.4 Å². The minimum Gasteiger partial charge on any atom is -0.320 e. The first-order valence-corrected chi connectivity index (χ1v) is 13.3. The van der Waals surface area contributed by atoms with Gasteiger partial charge in [0.2, 0.25) is 0 Å². The lowest BCUT2D eigenvalue weighted by Crippen LogP contribution is -2.18. The molecule has 3 aromatic carbocycles. The number of amides is 1. The standard InChI is InChI=1S/C22H12Br2F3NO3S2/c23-15-2-1-3-16(24)14(15)10-33(30,31)12-4-5-19-20(8-12)32-21(22(29)28-19)9-13-17(26)6-11(25)7-18(13)27/h1-9H,10H2,(H,28,29)/b21-9-. The quantitative estimate of drug-likeness (QED) is 0.331. The number of carbonyl (C=O) groups excluding carboxylic acids is 1. The fraction of sp³-hybridized carbons (Fsp3) is 0.0455. The molecule has 0 unspecified atom stereocenters. The average molecular weight is 619 g/mol. The van der Waals surface area contributed by atoms with Crippen LogP contribution in [0.2, 0.25) is 0 Å². The van der Waals surface area contributed by atoms with E-state index in [1.165, 1.54) is 18.2 Å². The van der Waals surface area contributed by atoms with E-state index in [2.05, 4.69) is 37.2 Å². The Bertz CT molecular complexity index is 1400. The summed E-state index contributed by atoms with van der Waals surface area (Å²) in [5.41, 5.74) is 0.349. The second kappa shape index (κ2) is 9.28. The van der Waals surface area contributed by atoms with Crippen LogP contribution in [-0.4, -0.2) is 14.3 Å². The van der Waals surface area contributed by atoms with E-state index in [0.717, 1.165) is 17.8 Å². The number of nitrogens with one attached hydrogen (secondary N) is 1. The van der Waals surface area contributed by atoms with Crippen LogP contribution in [0.25, 0.3) is 6.08 Å². The first-order chi connectivity index (χ1) is 15.5. The number of sulfone groups is 1. The predicted octanol–water partition coefficient (Wildman–Crippen LogP) is 6.69. The molecule has 4 rings (SSSR count). The molecule has 0 atom stereocenters. The highest BCUT2D eigenvalue weighted by Gasteiger charge is 2.26. The van der Waals surface area contributed by atoms with Gasteiger partial charge in [0.05, 0.1) is 21.2 Å². The molecule has 3 aromatic rings. The molecule has 0 bridgehead atoms. The minimum absolute atomic E-state index is 0.0195. The van der Waals surface area contributed by atoms with Crippen molar-refractivity contribution in [3.05, 3.63) is 91.0 Å². The maximum Gasteiger partial charge on any atom is 0.262 e. The van der Waals surface area contributed by atoms with Crippen molar-refractivity contribution in [2.45, 2.75) is 15.5 Å². The Morgan fingerprint density at radius 2 is 1.61 bits per heavy atom. The molecule has 0 aromatic heterocycles. The molecule has 33 heavy (non-hydrogen) atoms. The van der Waals surface area contributed by atoms with Crippen molar-refractivity contribution in [2.75, 3.05) is 5.32 Å². The summed E-state index contributed by atoms with van der Waals surface area (Å²) in [6.07, 6.45) is 0.965. The third kappa shape index (κ3) is 5.06. The minimum atomic E-state index is -3.77. The summed E-state index contributed by atoms with van der Waals surface area (Å²) in [4.78, 5) is 12.7. The summed E-state index contributed by atoms with van der Waals surface area (Å²) in [5, 5.41) is 2.57. The number of hydrogen-bond donors (Lipinski definition) is 1. The number of hydrogen-bond acceptors (Lipinski definition) is 4. The molecule has 0 fully saturated rings. The molecule has 0 spiro atoms. The topological polar surface area (TPSA) is 63.2 Å². The van der Waals surface area contributed by atoms with E-state index in [0.29, 0.717) is 37.2 Å². The number of thioether (sulfide) groups is 1. The van der Waals surface area contributed by atoms with Crippen LogP contribution in [0.4, 0.5) is 18.9 Å². The first kappa shape index (κ1) is 24.1. The van der Waals surface area contributed by atoms with Crippen LogP contribution in [0.15, 0.2) is 72.2 Å². The van der Waals surface area contributed by atoms with Gasteiger partial charge in [-0.3, -0.25) is 4.79 Å². The predicted molar refractivity (Wildman–Crippen MR) is 128 cm³/mol. The van der Waals surface area contributed by atoms with Gasteiger partial charge >= 0.3 is 0 Å². The summed E-state index contributed by atoms with van der Waals surface area (Å²) in [6, 6.07) is 10.5. The van der Waals surface area contributed by atoms with Gasteiger partial charge in [0, 0.05) is 31.5 Å². The molecule has 0 saturated heterocycles. The second-order valence-corrected chi connectivity index (χ2v) is 11.7. The van der Waals surface area contributed by atoms with Gasteiger partial charge in [0.25, 0.3) is 5.91 Å². The highest BCUT2D eigenvalue weighted by molar-refractivity contribution is 9.11. The highest BCUT2D eigenvalue weighted by atomic mass is 79.9. The molecule has 4 nitrogen and oxygen atoms in total. The Hall–Kier alpha value is -2.08. The van der Waals surface area contributed by atoms with Gasteiger partial charge in [0.15, 0.2) is 9.84 Å². The van der Waals surface area contributed by atoms with Crippen molar-refractivity contribution >= 4 is 71.1 Å². The van der Waals surface area contributed by atoms with Gasteiger partial charge in [-0.1, -0.05) is 49.7 Å². The molecule has 0 saturated carbocycles. The third-order valence-electron chi connectivity index (χ3n) is 4.72. The largest absolute Gasteiger partial charge is 0.320 e. The van der Waals surface area contributed by atoms with Gasteiger partial charge in [-0.2, -0.15) is 0 Å².